The predicted molar refractivity (Wildman–Crippen MR) is 186 cm³/mol. The molecule has 0 spiro atoms. The fraction of sp³-hybridized carbons (Fsp3) is 0.576. The largest absolute Gasteiger partial charge is 0.481 e. The lowest BCUT2D eigenvalue weighted by Crippen LogP contribution is -2.59. The van der Waals surface area contributed by atoms with Crippen molar-refractivity contribution < 1.29 is 53.7 Å². The summed E-state index contributed by atoms with van der Waals surface area (Å²) >= 11 is 0. The molecular weight excluding hydrogens is 684 g/mol. The quantitative estimate of drug-likeness (QED) is 0.0445. The first-order valence-electron chi connectivity index (χ1n) is 17.0. The van der Waals surface area contributed by atoms with Crippen LogP contribution in [-0.2, 0) is 44.8 Å². The molecule has 14 N–H and O–H groups in total. The van der Waals surface area contributed by atoms with E-state index in [4.69, 9.17) is 22.3 Å². The Morgan fingerprint density at radius 3 is 1.42 bits per heavy atom. The number of hydrogen-bond acceptors (Lipinski definition) is 11. The summed E-state index contributed by atoms with van der Waals surface area (Å²) in [6.45, 7) is 1.98. The van der Waals surface area contributed by atoms with E-state index in [-0.39, 0.29) is 32.2 Å². The molecule has 19 nitrogen and oxygen atoms in total. The highest BCUT2D eigenvalue weighted by atomic mass is 16.4. The molecule has 0 aliphatic rings. The lowest BCUT2D eigenvalue weighted by atomic mass is 10.0. The molecule has 0 bridgehead atoms. The molecule has 52 heavy (non-hydrogen) atoms. The normalized spacial score (nSPS) is 14.3. The predicted octanol–water partition coefficient (Wildman–Crippen LogP) is -2.32. The molecule has 0 aromatic heterocycles. The van der Waals surface area contributed by atoms with Crippen LogP contribution in [-0.4, -0.2) is 112 Å². The van der Waals surface area contributed by atoms with E-state index in [1.807, 2.05) is 0 Å². The third kappa shape index (κ3) is 17.7. The van der Waals surface area contributed by atoms with Crippen LogP contribution in [0.3, 0.4) is 0 Å². The molecule has 0 aliphatic carbocycles. The van der Waals surface area contributed by atoms with Gasteiger partial charge in [-0.3, -0.25) is 33.6 Å². The van der Waals surface area contributed by atoms with Crippen molar-refractivity contribution in [1.29, 1.82) is 0 Å². The van der Waals surface area contributed by atoms with Crippen LogP contribution in [0.2, 0.25) is 0 Å². The Labute approximate surface area is 301 Å². The number of carbonyl (C=O) groups is 8. The number of carbonyl (C=O) groups excluding carboxylic acids is 5. The van der Waals surface area contributed by atoms with Gasteiger partial charge in [-0.25, -0.2) is 4.79 Å². The van der Waals surface area contributed by atoms with E-state index < -0.39 is 96.5 Å². The summed E-state index contributed by atoms with van der Waals surface area (Å²) < 4.78 is 0. The van der Waals surface area contributed by atoms with Gasteiger partial charge in [0.25, 0.3) is 0 Å². The Morgan fingerprint density at radius 2 is 1.00 bits per heavy atom. The van der Waals surface area contributed by atoms with Crippen LogP contribution >= 0.6 is 0 Å². The van der Waals surface area contributed by atoms with Gasteiger partial charge < -0.3 is 59.1 Å². The highest BCUT2D eigenvalue weighted by molar-refractivity contribution is 5.96. The van der Waals surface area contributed by atoms with Crippen molar-refractivity contribution in [2.45, 2.75) is 107 Å². The number of unbranched alkanes of at least 4 members (excludes halogenated alkanes) is 2. The average molecular weight is 737 g/mol. The average Bonchev–Trinajstić information content (AvgIpc) is 3.08. The lowest BCUT2D eigenvalue weighted by molar-refractivity contribution is -0.147. The minimum Gasteiger partial charge on any atom is -0.481 e. The summed E-state index contributed by atoms with van der Waals surface area (Å²) in [4.78, 5) is 101. The van der Waals surface area contributed by atoms with Gasteiger partial charge in [0.05, 0.1) is 12.5 Å². The van der Waals surface area contributed by atoms with Crippen LogP contribution in [0.25, 0.3) is 0 Å². The topological polar surface area (TPSA) is 335 Å². The molecule has 1 rings (SSSR count). The summed E-state index contributed by atoms with van der Waals surface area (Å²) in [6.07, 6.45) is -0.156. The van der Waals surface area contributed by atoms with Gasteiger partial charge >= 0.3 is 17.9 Å². The van der Waals surface area contributed by atoms with Gasteiger partial charge in [0.15, 0.2) is 0 Å². The maximum atomic E-state index is 13.7. The molecule has 6 atom stereocenters. The van der Waals surface area contributed by atoms with Crippen molar-refractivity contribution in [2.75, 3.05) is 13.1 Å². The molecule has 19 heteroatoms. The number of hydrogen-bond donors (Lipinski definition) is 11. The maximum Gasteiger partial charge on any atom is 0.326 e. The van der Waals surface area contributed by atoms with E-state index in [2.05, 4.69) is 26.6 Å². The molecule has 290 valence electrons. The number of carboxylic acids is 3. The van der Waals surface area contributed by atoms with Crippen molar-refractivity contribution in [1.82, 2.24) is 26.6 Å². The second-order valence-electron chi connectivity index (χ2n) is 12.2. The van der Waals surface area contributed by atoms with Crippen molar-refractivity contribution in [3.05, 3.63) is 35.9 Å². The molecule has 0 aliphatic heterocycles. The van der Waals surface area contributed by atoms with Crippen LogP contribution in [0.5, 0.6) is 0 Å². The van der Waals surface area contributed by atoms with Crippen molar-refractivity contribution >= 4 is 47.4 Å². The molecule has 0 saturated heterocycles. The van der Waals surface area contributed by atoms with Gasteiger partial charge in [-0.1, -0.05) is 30.3 Å². The van der Waals surface area contributed by atoms with Gasteiger partial charge in [0.2, 0.25) is 29.5 Å². The third-order valence-electron chi connectivity index (χ3n) is 7.76. The van der Waals surface area contributed by atoms with Gasteiger partial charge in [0.1, 0.15) is 30.2 Å². The molecule has 0 unspecified atom stereocenters. The molecule has 1 aromatic rings. The minimum atomic E-state index is -1.81. The summed E-state index contributed by atoms with van der Waals surface area (Å²) in [6, 6.07) is 0.192. The SMILES string of the molecule is C[C@H](N)C(=O)N[C@@H](CCCCN)C(=O)N[C@@H](CCC(=O)O)C(=O)N[C@@H](CCCCN)C(=O)N[C@@H](Cc1ccccc1)C(=O)N[C@@H](CC(=O)O)C(=O)O. The number of carboxylic acid groups (broad SMARTS) is 3. The summed E-state index contributed by atoms with van der Waals surface area (Å²) in [5.74, 6) is -8.61. The van der Waals surface area contributed by atoms with E-state index in [9.17, 15) is 48.6 Å². The number of aliphatic carboxylic acids is 3. The minimum absolute atomic E-state index is 0.00300. The van der Waals surface area contributed by atoms with E-state index >= 15 is 0 Å². The second kappa shape index (κ2) is 24.1. The van der Waals surface area contributed by atoms with Gasteiger partial charge in [-0.2, -0.15) is 0 Å². The van der Waals surface area contributed by atoms with Crippen LogP contribution in [0.4, 0.5) is 0 Å². The highest BCUT2D eigenvalue weighted by Gasteiger charge is 2.33. The fourth-order valence-corrected chi connectivity index (χ4v) is 4.89. The Bertz CT molecular complexity index is 1360. The van der Waals surface area contributed by atoms with E-state index in [1.54, 1.807) is 30.3 Å². The second-order valence-corrected chi connectivity index (χ2v) is 12.2. The number of nitrogens with one attached hydrogen (secondary N) is 5. The number of benzene rings is 1. The molecule has 0 radical (unpaired) electrons. The summed E-state index contributed by atoms with van der Waals surface area (Å²) in [7, 11) is 0. The first-order valence-corrected chi connectivity index (χ1v) is 17.0. The van der Waals surface area contributed by atoms with E-state index in [0.29, 0.717) is 37.8 Å². The molecule has 5 amide bonds. The Kier molecular flexibility index (Phi) is 20.8. The first kappa shape index (κ1) is 44.9. The monoisotopic (exact) mass is 736 g/mol. The van der Waals surface area contributed by atoms with E-state index in [0.717, 1.165) is 0 Å². The number of amides is 5. The van der Waals surface area contributed by atoms with Crippen LogP contribution in [0, 0.1) is 0 Å². The van der Waals surface area contributed by atoms with Crippen LogP contribution in [0.1, 0.15) is 70.3 Å². The smallest absolute Gasteiger partial charge is 0.326 e. The maximum absolute atomic E-state index is 13.7. The zero-order valence-corrected chi connectivity index (χ0v) is 29.2. The first-order chi connectivity index (χ1) is 24.6. The van der Waals surface area contributed by atoms with Crippen molar-refractivity contribution in [2.24, 2.45) is 17.2 Å². The standard InChI is InChI=1S/C33H52N8O11/c1-19(36)28(46)37-21(11-5-7-15-34)29(47)39-23(13-14-26(42)43)31(49)38-22(12-6-8-16-35)30(48)40-24(17-20-9-3-2-4-10-20)32(50)41-25(33(51)52)18-27(44)45/h2-4,9-10,19,21-25H,5-8,11-18,34-36H2,1H3,(H,37,46)(H,38,49)(H,39,47)(H,40,48)(H,41,50)(H,42,43)(H,44,45)(H,51,52)/t19-,21-,22-,23-,24-,25-/m0/s1. The van der Waals surface area contributed by atoms with Gasteiger partial charge in [0, 0.05) is 12.8 Å². The third-order valence-corrected chi connectivity index (χ3v) is 7.76. The van der Waals surface area contributed by atoms with Crippen LogP contribution in [0.15, 0.2) is 30.3 Å². The summed E-state index contributed by atoms with van der Waals surface area (Å²) in [5, 5.41) is 40.1. The van der Waals surface area contributed by atoms with Crippen molar-refractivity contribution in [3.8, 4) is 0 Å². The van der Waals surface area contributed by atoms with Gasteiger partial charge in [-0.05, 0) is 70.5 Å². The number of nitrogens with two attached hydrogens (primary N) is 3. The Balaban J connectivity index is 3.37. The fourth-order valence-electron chi connectivity index (χ4n) is 4.89. The molecule has 1 aromatic carbocycles. The zero-order valence-electron chi connectivity index (χ0n) is 29.2. The van der Waals surface area contributed by atoms with Crippen LogP contribution < -0.4 is 43.8 Å². The molecular formula is C33H52N8O11. The molecule has 0 fully saturated rings. The molecule has 0 heterocycles. The summed E-state index contributed by atoms with van der Waals surface area (Å²) in [5.41, 5.74) is 17.4. The Morgan fingerprint density at radius 1 is 0.577 bits per heavy atom. The lowest BCUT2D eigenvalue weighted by Gasteiger charge is -2.27. The highest BCUT2D eigenvalue weighted by Crippen LogP contribution is 2.10. The van der Waals surface area contributed by atoms with Crippen molar-refractivity contribution in [3.63, 3.8) is 0 Å². The Hall–Kier alpha value is -5.14. The number of rotatable bonds is 26. The van der Waals surface area contributed by atoms with Gasteiger partial charge in [-0.15, -0.1) is 0 Å². The molecule has 0 saturated carbocycles. The zero-order chi connectivity index (χ0) is 39.2. The van der Waals surface area contributed by atoms with E-state index in [1.165, 1.54) is 6.92 Å².